The van der Waals surface area contributed by atoms with Crippen molar-refractivity contribution in [1.29, 1.82) is 5.26 Å². The molecule has 1 aromatic rings. The van der Waals surface area contributed by atoms with Crippen molar-refractivity contribution in [3.63, 3.8) is 0 Å². The summed E-state index contributed by atoms with van der Waals surface area (Å²) in [6.07, 6.45) is 4.70. The molecule has 5 heteroatoms. The fourth-order valence-electron chi connectivity index (χ4n) is 4.57. The van der Waals surface area contributed by atoms with E-state index >= 15 is 0 Å². The molecule has 0 N–H and O–H groups in total. The minimum absolute atomic E-state index is 0.189. The van der Waals surface area contributed by atoms with Gasteiger partial charge in [-0.05, 0) is 51.5 Å². The number of nitrogens with zero attached hydrogens (tertiary/aromatic N) is 3. The van der Waals surface area contributed by atoms with E-state index in [1.807, 2.05) is 11.8 Å². The highest BCUT2D eigenvalue weighted by Crippen LogP contribution is 2.40. The summed E-state index contributed by atoms with van der Waals surface area (Å²) in [5, 5.41) is 9.95. The van der Waals surface area contributed by atoms with Gasteiger partial charge in [0.2, 0.25) is 0 Å². The number of carbonyl (C=O) groups excluding carboxylic acids is 1. The van der Waals surface area contributed by atoms with Crippen LogP contribution < -0.4 is 0 Å². The Bertz CT molecular complexity index is 689. The second-order valence-electron chi connectivity index (χ2n) is 7.87. The Labute approximate surface area is 162 Å². The lowest BCUT2D eigenvalue weighted by atomic mass is 9.68. The van der Waals surface area contributed by atoms with Gasteiger partial charge >= 0.3 is 6.09 Å². The van der Waals surface area contributed by atoms with Gasteiger partial charge in [-0.1, -0.05) is 29.8 Å². The second-order valence-corrected chi connectivity index (χ2v) is 7.87. The molecule has 1 aromatic carbocycles. The normalized spacial score (nSPS) is 26.9. The fraction of sp³-hybridized carbons (Fsp3) is 0.636. The molecule has 3 rings (SSSR count). The number of hydrogen-bond acceptors (Lipinski definition) is 4. The van der Waals surface area contributed by atoms with Crippen LogP contribution in [0.25, 0.3) is 0 Å². The quantitative estimate of drug-likeness (QED) is 0.812. The van der Waals surface area contributed by atoms with Crippen molar-refractivity contribution < 1.29 is 9.53 Å². The summed E-state index contributed by atoms with van der Waals surface area (Å²) in [6.45, 7) is 7.78. The third-order valence-corrected chi connectivity index (χ3v) is 6.17. The van der Waals surface area contributed by atoms with Crippen LogP contribution in [0.1, 0.15) is 50.2 Å². The van der Waals surface area contributed by atoms with E-state index in [1.54, 1.807) is 0 Å². The lowest BCUT2D eigenvalue weighted by Gasteiger charge is -2.40. The number of amides is 1. The molecule has 1 aliphatic carbocycles. The molecule has 0 bridgehead atoms. The molecule has 2 aliphatic rings. The number of ether oxygens (including phenoxy) is 1. The maximum absolute atomic E-state index is 12.0. The van der Waals surface area contributed by atoms with Crippen LogP contribution in [0.4, 0.5) is 4.79 Å². The molecule has 1 aliphatic heterocycles. The molecule has 0 unspecified atom stereocenters. The van der Waals surface area contributed by atoms with Gasteiger partial charge in [-0.2, -0.15) is 5.26 Å². The van der Waals surface area contributed by atoms with Crippen molar-refractivity contribution in [2.75, 3.05) is 32.8 Å². The number of hydrogen-bond donors (Lipinski definition) is 0. The van der Waals surface area contributed by atoms with Gasteiger partial charge in [0.05, 0.1) is 18.1 Å². The van der Waals surface area contributed by atoms with Crippen LogP contribution in [0.2, 0.25) is 0 Å². The third kappa shape index (κ3) is 4.44. The summed E-state index contributed by atoms with van der Waals surface area (Å²) in [6, 6.07) is 11.6. The molecule has 0 spiro atoms. The van der Waals surface area contributed by atoms with Crippen LogP contribution in [-0.2, 0) is 10.2 Å². The molecule has 0 radical (unpaired) electrons. The monoisotopic (exact) mass is 369 g/mol. The maximum Gasteiger partial charge on any atom is 0.409 e. The van der Waals surface area contributed by atoms with Crippen molar-refractivity contribution in [2.24, 2.45) is 0 Å². The van der Waals surface area contributed by atoms with Gasteiger partial charge in [0.25, 0.3) is 0 Å². The topological polar surface area (TPSA) is 56.6 Å². The van der Waals surface area contributed by atoms with E-state index < -0.39 is 0 Å². The number of nitriles is 1. The lowest BCUT2D eigenvalue weighted by Crippen LogP contribution is -2.44. The SMILES string of the molecule is CCOC(=O)N1CCCN(C2CCC(C#N)(c3cccc(C)c3)CC2)CC1. The number of benzene rings is 1. The number of aryl methyl sites for hydroxylation is 1. The van der Waals surface area contributed by atoms with E-state index in [9.17, 15) is 10.1 Å². The Hall–Kier alpha value is -2.06. The first kappa shape index (κ1) is 19.7. The Morgan fingerprint density at radius 1 is 1.26 bits per heavy atom. The molecule has 27 heavy (non-hydrogen) atoms. The van der Waals surface area contributed by atoms with Gasteiger partial charge in [-0.3, -0.25) is 4.90 Å². The Balaban J connectivity index is 1.60. The van der Waals surface area contributed by atoms with Crippen molar-refractivity contribution in [1.82, 2.24) is 9.80 Å². The van der Waals surface area contributed by atoms with Gasteiger partial charge in [0, 0.05) is 32.2 Å². The minimum Gasteiger partial charge on any atom is -0.450 e. The molecule has 5 nitrogen and oxygen atoms in total. The van der Waals surface area contributed by atoms with Crippen molar-refractivity contribution in [3.05, 3.63) is 35.4 Å². The van der Waals surface area contributed by atoms with E-state index in [1.165, 1.54) is 11.1 Å². The summed E-state index contributed by atoms with van der Waals surface area (Å²) in [7, 11) is 0. The average molecular weight is 370 g/mol. The molecule has 1 saturated heterocycles. The van der Waals surface area contributed by atoms with Crippen LogP contribution in [0.3, 0.4) is 0 Å². The zero-order chi connectivity index (χ0) is 19.3. The Morgan fingerprint density at radius 3 is 2.70 bits per heavy atom. The molecule has 2 fully saturated rings. The van der Waals surface area contributed by atoms with E-state index in [0.29, 0.717) is 12.6 Å². The van der Waals surface area contributed by atoms with Crippen LogP contribution >= 0.6 is 0 Å². The molecule has 0 atom stereocenters. The van der Waals surface area contributed by atoms with E-state index in [0.717, 1.165) is 58.3 Å². The predicted molar refractivity (Wildman–Crippen MR) is 106 cm³/mol. The zero-order valence-corrected chi connectivity index (χ0v) is 16.6. The third-order valence-electron chi connectivity index (χ3n) is 6.17. The number of rotatable bonds is 3. The van der Waals surface area contributed by atoms with Crippen molar-refractivity contribution >= 4 is 6.09 Å². The highest BCUT2D eigenvalue weighted by Gasteiger charge is 2.39. The molecular weight excluding hydrogens is 338 g/mol. The van der Waals surface area contributed by atoms with E-state index in [-0.39, 0.29) is 11.5 Å². The van der Waals surface area contributed by atoms with Crippen molar-refractivity contribution in [3.8, 4) is 6.07 Å². The van der Waals surface area contributed by atoms with Crippen LogP contribution in [0.5, 0.6) is 0 Å². The maximum atomic E-state index is 12.0. The Kier molecular flexibility index (Phi) is 6.38. The summed E-state index contributed by atoms with van der Waals surface area (Å²) < 4.78 is 5.15. The summed E-state index contributed by atoms with van der Waals surface area (Å²) >= 11 is 0. The lowest BCUT2D eigenvalue weighted by molar-refractivity contribution is 0.104. The molecule has 1 amide bonds. The van der Waals surface area contributed by atoms with Gasteiger partial charge < -0.3 is 9.64 Å². The molecule has 1 saturated carbocycles. The van der Waals surface area contributed by atoms with Gasteiger partial charge in [-0.25, -0.2) is 4.79 Å². The van der Waals surface area contributed by atoms with Gasteiger partial charge in [0.1, 0.15) is 0 Å². The first-order valence-electron chi connectivity index (χ1n) is 10.2. The molecule has 1 heterocycles. The molecule has 146 valence electrons. The van der Waals surface area contributed by atoms with Crippen LogP contribution in [0, 0.1) is 18.3 Å². The molecular formula is C22H31N3O2. The summed E-state index contributed by atoms with van der Waals surface area (Å²) in [4.78, 5) is 16.3. The van der Waals surface area contributed by atoms with Crippen molar-refractivity contribution in [2.45, 2.75) is 57.4 Å². The smallest absolute Gasteiger partial charge is 0.409 e. The first-order chi connectivity index (χ1) is 13.1. The van der Waals surface area contributed by atoms with Crippen LogP contribution in [0.15, 0.2) is 24.3 Å². The molecule has 0 aromatic heterocycles. The van der Waals surface area contributed by atoms with Gasteiger partial charge in [0.15, 0.2) is 0 Å². The minimum atomic E-state index is -0.342. The second kappa shape index (κ2) is 8.75. The average Bonchev–Trinajstić information content (AvgIpc) is 2.94. The summed E-state index contributed by atoms with van der Waals surface area (Å²) in [5.74, 6) is 0. The Morgan fingerprint density at radius 2 is 2.04 bits per heavy atom. The van der Waals surface area contributed by atoms with Crippen LogP contribution in [-0.4, -0.2) is 54.7 Å². The first-order valence-corrected chi connectivity index (χ1v) is 10.2. The number of carbonyl (C=O) groups is 1. The van der Waals surface area contributed by atoms with Gasteiger partial charge in [-0.15, -0.1) is 0 Å². The highest BCUT2D eigenvalue weighted by atomic mass is 16.6. The zero-order valence-electron chi connectivity index (χ0n) is 16.6. The van der Waals surface area contributed by atoms with E-state index in [4.69, 9.17) is 4.74 Å². The predicted octanol–water partition coefficient (Wildman–Crippen LogP) is 3.86. The van der Waals surface area contributed by atoms with E-state index in [2.05, 4.69) is 42.2 Å². The summed E-state index contributed by atoms with van der Waals surface area (Å²) in [5.41, 5.74) is 2.05. The largest absolute Gasteiger partial charge is 0.450 e. The fourth-order valence-corrected chi connectivity index (χ4v) is 4.57. The highest BCUT2D eigenvalue weighted by molar-refractivity contribution is 5.67. The standard InChI is InChI=1S/C22H31N3O2/c1-3-27-21(26)25-13-5-12-24(14-15-25)20-8-10-22(17-23,11-9-20)19-7-4-6-18(2)16-19/h4,6-7,16,20H,3,5,8-15H2,1-2H3.